The van der Waals surface area contributed by atoms with E-state index in [1.54, 1.807) is 25.1 Å². The van der Waals surface area contributed by atoms with Crippen molar-refractivity contribution in [2.45, 2.75) is 24.8 Å². The third-order valence-corrected chi connectivity index (χ3v) is 5.90. The molecule has 1 aromatic heterocycles. The van der Waals surface area contributed by atoms with Gasteiger partial charge in [0.2, 0.25) is 15.9 Å². The van der Waals surface area contributed by atoms with Crippen molar-refractivity contribution in [3.63, 3.8) is 0 Å². The molecule has 1 fully saturated rings. The maximum atomic E-state index is 12.7. The topological polar surface area (TPSA) is 83.3 Å². The Morgan fingerprint density at radius 1 is 1.25 bits per heavy atom. The summed E-state index contributed by atoms with van der Waals surface area (Å²) >= 11 is 0. The van der Waals surface area contributed by atoms with Crippen molar-refractivity contribution in [1.29, 1.82) is 5.26 Å². The highest BCUT2D eigenvalue weighted by molar-refractivity contribution is 7.89. The number of hydrogen-bond acceptors (Lipinski definition) is 5. The number of nitriles is 1. The fraction of sp³-hybridized carbons (Fsp3) is 0.294. The molecule has 3 rings (SSSR count). The Morgan fingerprint density at radius 3 is 2.71 bits per heavy atom. The second-order valence-corrected chi connectivity index (χ2v) is 7.73. The molecule has 7 heteroatoms. The van der Waals surface area contributed by atoms with Crippen molar-refractivity contribution in [2.75, 3.05) is 13.1 Å². The smallest absolute Gasteiger partial charge is 0.243 e. The first-order valence-corrected chi connectivity index (χ1v) is 8.94. The number of benzene rings is 1. The third-order valence-electron chi connectivity index (χ3n) is 3.93. The lowest BCUT2D eigenvalue weighted by atomic mass is 10.2. The fourth-order valence-corrected chi connectivity index (χ4v) is 4.32. The Labute approximate surface area is 141 Å². The van der Waals surface area contributed by atoms with Gasteiger partial charge in [-0.05, 0) is 37.1 Å². The van der Waals surface area contributed by atoms with E-state index >= 15 is 0 Å². The van der Waals surface area contributed by atoms with E-state index in [0.717, 1.165) is 11.1 Å². The molecule has 0 amide bonds. The number of ether oxygens (including phenoxy) is 1. The molecule has 2 aromatic rings. The quantitative estimate of drug-likeness (QED) is 0.848. The summed E-state index contributed by atoms with van der Waals surface area (Å²) in [5.41, 5.74) is 2.09. The normalized spacial score (nSPS) is 15.5. The van der Waals surface area contributed by atoms with Crippen molar-refractivity contribution in [3.05, 3.63) is 53.2 Å². The molecule has 0 N–H and O–H groups in total. The summed E-state index contributed by atoms with van der Waals surface area (Å²) in [6.45, 7) is 4.20. The fourth-order valence-electron chi connectivity index (χ4n) is 2.51. The highest BCUT2D eigenvalue weighted by Gasteiger charge is 2.39. The van der Waals surface area contributed by atoms with Crippen molar-refractivity contribution in [1.82, 2.24) is 9.29 Å². The van der Waals surface area contributed by atoms with Crippen LogP contribution in [0, 0.1) is 25.2 Å². The van der Waals surface area contributed by atoms with Gasteiger partial charge < -0.3 is 4.74 Å². The minimum atomic E-state index is -3.51. The molecule has 1 aliphatic heterocycles. The van der Waals surface area contributed by atoms with Crippen LogP contribution in [0.5, 0.6) is 5.88 Å². The van der Waals surface area contributed by atoms with Crippen molar-refractivity contribution in [2.24, 2.45) is 0 Å². The minimum absolute atomic E-state index is 0.258. The van der Waals surface area contributed by atoms with E-state index in [1.807, 2.05) is 25.1 Å². The molecule has 0 atom stereocenters. The molecule has 1 aromatic carbocycles. The first-order valence-electron chi connectivity index (χ1n) is 7.50. The van der Waals surface area contributed by atoms with E-state index < -0.39 is 10.0 Å². The van der Waals surface area contributed by atoms with Crippen LogP contribution in [-0.2, 0) is 10.0 Å². The number of nitrogens with zero attached hydrogens (tertiary/aromatic N) is 3. The Balaban J connectivity index is 1.69. The first kappa shape index (κ1) is 16.4. The van der Waals surface area contributed by atoms with Gasteiger partial charge in [-0.2, -0.15) is 9.57 Å². The summed E-state index contributed by atoms with van der Waals surface area (Å²) < 4.78 is 32.4. The van der Waals surface area contributed by atoms with Gasteiger partial charge in [0.25, 0.3) is 0 Å². The van der Waals surface area contributed by atoms with Crippen molar-refractivity contribution in [3.8, 4) is 11.9 Å². The van der Waals surface area contributed by atoms with Crippen LogP contribution in [0.25, 0.3) is 0 Å². The van der Waals surface area contributed by atoms with Gasteiger partial charge in [0.15, 0.2) is 0 Å². The van der Waals surface area contributed by atoms with E-state index in [2.05, 4.69) is 4.98 Å². The summed E-state index contributed by atoms with van der Waals surface area (Å²) in [6.07, 6.45) is 1.24. The maximum Gasteiger partial charge on any atom is 0.243 e. The Hall–Kier alpha value is -2.43. The molecular weight excluding hydrogens is 326 g/mol. The Bertz CT molecular complexity index is 913. The van der Waals surface area contributed by atoms with Crippen molar-refractivity contribution >= 4 is 10.0 Å². The number of rotatable bonds is 4. The van der Waals surface area contributed by atoms with Crippen LogP contribution in [0.3, 0.4) is 0 Å². The highest BCUT2D eigenvalue weighted by atomic mass is 32.2. The second-order valence-electron chi connectivity index (χ2n) is 5.83. The average Bonchev–Trinajstić information content (AvgIpc) is 2.52. The molecule has 124 valence electrons. The van der Waals surface area contributed by atoms with Crippen LogP contribution < -0.4 is 4.74 Å². The number of sulfonamides is 1. The zero-order valence-corrected chi connectivity index (χ0v) is 14.2. The standard InChI is InChI=1S/C17H17N3O3S/c1-12-3-4-13(2)16(7-12)24(21,22)20-10-15(11-20)23-17-8-14(9-18)5-6-19-17/h3-8,15H,10-11H2,1-2H3. The van der Waals surface area contributed by atoms with Crippen LogP contribution in [-0.4, -0.2) is 36.9 Å². The van der Waals surface area contributed by atoms with E-state index in [9.17, 15) is 8.42 Å². The van der Waals surface area contributed by atoms with Gasteiger partial charge in [0, 0.05) is 12.3 Å². The lowest BCUT2D eigenvalue weighted by Gasteiger charge is -2.37. The van der Waals surface area contributed by atoms with E-state index in [0.29, 0.717) is 16.3 Å². The minimum Gasteiger partial charge on any atom is -0.471 e. The van der Waals surface area contributed by atoms with E-state index in [4.69, 9.17) is 10.00 Å². The molecule has 0 unspecified atom stereocenters. The average molecular weight is 343 g/mol. The third kappa shape index (κ3) is 3.11. The molecule has 6 nitrogen and oxygen atoms in total. The van der Waals surface area contributed by atoms with Gasteiger partial charge in [-0.25, -0.2) is 13.4 Å². The molecule has 1 saturated heterocycles. The van der Waals surface area contributed by atoms with E-state index in [1.165, 1.54) is 10.5 Å². The summed E-state index contributed by atoms with van der Waals surface area (Å²) in [5, 5.41) is 8.87. The monoisotopic (exact) mass is 343 g/mol. The van der Waals surface area contributed by atoms with Crippen LogP contribution in [0.15, 0.2) is 41.4 Å². The van der Waals surface area contributed by atoms with E-state index in [-0.39, 0.29) is 19.2 Å². The van der Waals surface area contributed by atoms with Gasteiger partial charge in [-0.3, -0.25) is 0 Å². The van der Waals surface area contributed by atoms with Crippen molar-refractivity contribution < 1.29 is 13.2 Å². The largest absolute Gasteiger partial charge is 0.471 e. The summed E-state index contributed by atoms with van der Waals surface area (Å²) in [7, 11) is -3.51. The molecule has 2 heterocycles. The number of hydrogen-bond donors (Lipinski definition) is 0. The van der Waals surface area contributed by atoms with Crippen LogP contribution in [0.2, 0.25) is 0 Å². The van der Waals surface area contributed by atoms with Crippen LogP contribution >= 0.6 is 0 Å². The molecule has 0 bridgehead atoms. The predicted octanol–water partition coefficient (Wildman–Crippen LogP) is 2.02. The molecule has 0 aliphatic carbocycles. The summed E-state index contributed by atoms with van der Waals surface area (Å²) in [6, 6.07) is 10.5. The van der Waals surface area contributed by atoms with Gasteiger partial charge in [-0.1, -0.05) is 12.1 Å². The Morgan fingerprint density at radius 2 is 2.00 bits per heavy atom. The Kier molecular flexibility index (Phi) is 4.26. The van der Waals surface area contributed by atoms with Gasteiger partial charge in [0.1, 0.15) is 6.10 Å². The molecule has 24 heavy (non-hydrogen) atoms. The molecule has 1 aliphatic rings. The second kappa shape index (κ2) is 6.23. The van der Waals surface area contributed by atoms with Gasteiger partial charge in [-0.15, -0.1) is 0 Å². The summed E-state index contributed by atoms with van der Waals surface area (Å²) in [5.74, 6) is 0.336. The van der Waals surface area contributed by atoms with Crippen LogP contribution in [0.4, 0.5) is 0 Å². The maximum absolute atomic E-state index is 12.7. The molecular formula is C17H17N3O3S. The molecule has 0 spiro atoms. The summed E-state index contributed by atoms with van der Waals surface area (Å²) in [4.78, 5) is 4.38. The lowest BCUT2D eigenvalue weighted by Crippen LogP contribution is -2.56. The number of pyridine rings is 1. The predicted molar refractivity (Wildman–Crippen MR) is 88.0 cm³/mol. The number of aromatic nitrogens is 1. The first-order chi connectivity index (χ1) is 11.4. The zero-order chi connectivity index (χ0) is 17.3. The highest BCUT2D eigenvalue weighted by Crippen LogP contribution is 2.26. The van der Waals surface area contributed by atoms with Gasteiger partial charge >= 0.3 is 0 Å². The van der Waals surface area contributed by atoms with Crippen LogP contribution in [0.1, 0.15) is 16.7 Å². The van der Waals surface area contributed by atoms with Gasteiger partial charge in [0.05, 0.1) is 29.6 Å². The molecule has 0 saturated carbocycles. The number of aryl methyl sites for hydroxylation is 2. The zero-order valence-electron chi connectivity index (χ0n) is 13.4. The molecule has 0 radical (unpaired) electrons. The SMILES string of the molecule is Cc1ccc(C)c(S(=O)(=O)N2CC(Oc3cc(C#N)ccn3)C2)c1. The lowest BCUT2D eigenvalue weighted by molar-refractivity contribution is 0.0720.